The van der Waals surface area contributed by atoms with Gasteiger partial charge in [0.15, 0.2) is 5.82 Å². The van der Waals surface area contributed by atoms with Crippen molar-refractivity contribution < 1.29 is 5.11 Å². The molecule has 0 radical (unpaired) electrons. The van der Waals surface area contributed by atoms with E-state index in [1.54, 1.807) is 28.8 Å². The Balaban J connectivity index is 2.61. The predicted octanol–water partition coefficient (Wildman–Crippen LogP) is 1.06. The number of aliphatic hydroxyl groups excluding tert-OH is 1. The average molecular weight is 227 g/mol. The van der Waals surface area contributed by atoms with Gasteiger partial charge in [-0.05, 0) is 6.92 Å². The first-order chi connectivity index (χ1) is 7.13. The van der Waals surface area contributed by atoms with Crippen molar-refractivity contribution >= 4 is 11.6 Å². The summed E-state index contributed by atoms with van der Waals surface area (Å²) in [6.45, 7) is 1.78. The maximum Gasteiger partial charge on any atom is 0.157 e. The molecule has 0 saturated carbocycles. The van der Waals surface area contributed by atoms with E-state index in [1.807, 2.05) is 6.92 Å². The molecule has 0 amide bonds. The lowest BCUT2D eigenvalue weighted by Gasteiger charge is -2.03. The second-order valence-corrected chi connectivity index (χ2v) is 3.71. The number of hydrogen-bond acceptors (Lipinski definition) is 3. The molecule has 0 fully saturated rings. The number of rotatable bonds is 2. The topological polar surface area (TPSA) is 55.9 Å². The number of aliphatic hydroxyl groups is 1. The fraction of sp³-hybridized carbons (Fsp3) is 0.333. The van der Waals surface area contributed by atoms with E-state index in [1.165, 1.54) is 0 Å². The Bertz CT molecular complexity index is 488. The summed E-state index contributed by atoms with van der Waals surface area (Å²) in [5.41, 5.74) is 1.55. The van der Waals surface area contributed by atoms with Crippen molar-refractivity contribution in [2.45, 2.75) is 13.5 Å². The third-order valence-corrected chi connectivity index (χ3v) is 2.43. The lowest BCUT2D eigenvalue weighted by atomic mass is 10.2. The van der Waals surface area contributed by atoms with E-state index >= 15 is 0 Å². The molecule has 0 aliphatic rings. The summed E-state index contributed by atoms with van der Waals surface area (Å²) < 4.78 is 3.28. The Morgan fingerprint density at radius 3 is 2.80 bits per heavy atom. The van der Waals surface area contributed by atoms with Crippen LogP contribution >= 0.6 is 11.6 Å². The minimum Gasteiger partial charge on any atom is -0.391 e. The van der Waals surface area contributed by atoms with Crippen LogP contribution in [0, 0.1) is 6.92 Å². The SMILES string of the molecule is Cc1nn(C)c(-n2cc(Cl)cn2)c1CO. The Morgan fingerprint density at radius 2 is 2.27 bits per heavy atom. The van der Waals surface area contributed by atoms with Crippen LogP contribution in [0.4, 0.5) is 0 Å². The molecular weight excluding hydrogens is 216 g/mol. The zero-order valence-electron chi connectivity index (χ0n) is 8.48. The first kappa shape index (κ1) is 10.2. The van der Waals surface area contributed by atoms with E-state index in [2.05, 4.69) is 10.2 Å². The van der Waals surface area contributed by atoms with Gasteiger partial charge in [-0.25, -0.2) is 4.68 Å². The molecule has 2 rings (SSSR count). The van der Waals surface area contributed by atoms with Crippen LogP contribution in [0.25, 0.3) is 5.82 Å². The second-order valence-electron chi connectivity index (χ2n) is 3.27. The van der Waals surface area contributed by atoms with Crippen LogP contribution in [0.15, 0.2) is 12.4 Å². The van der Waals surface area contributed by atoms with Gasteiger partial charge in [0.05, 0.1) is 29.7 Å². The van der Waals surface area contributed by atoms with Crippen molar-refractivity contribution in [3.8, 4) is 5.82 Å². The first-order valence-electron chi connectivity index (χ1n) is 4.47. The smallest absolute Gasteiger partial charge is 0.157 e. The normalized spacial score (nSPS) is 10.9. The van der Waals surface area contributed by atoms with Gasteiger partial charge < -0.3 is 5.11 Å². The standard InChI is InChI=1S/C9H11ClN4O/c1-6-8(5-15)9(13(2)12-6)14-4-7(10)3-11-14/h3-4,15H,5H2,1-2H3. The molecular formula is C9H11ClN4O. The summed E-state index contributed by atoms with van der Waals surface area (Å²) in [4.78, 5) is 0. The fourth-order valence-corrected chi connectivity index (χ4v) is 1.71. The van der Waals surface area contributed by atoms with E-state index in [-0.39, 0.29) is 6.61 Å². The highest BCUT2D eigenvalue weighted by Crippen LogP contribution is 2.18. The molecule has 80 valence electrons. The zero-order valence-corrected chi connectivity index (χ0v) is 9.23. The molecule has 0 unspecified atom stereocenters. The van der Waals surface area contributed by atoms with Gasteiger partial charge in [-0.1, -0.05) is 11.6 Å². The second kappa shape index (κ2) is 3.67. The summed E-state index contributed by atoms with van der Waals surface area (Å²) in [6, 6.07) is 0. The summed E-state index contributed by atoms with van der Waals surface area (Å²) in [5.74, 6) is 0.738. The molecule has 2 aromatic heterocycles. The molecule has 0 atom stereocenters. The first-order valence-corrected chi connectivity index (χ1v) is 4.85. The lowest BCUT2D eigenvalue weighted by molar-refractivity contribution is 0.280. The van der Waals surface area contributed by atoms with Gasteiger partial charge in [0, 0.05) is 12.6 Å². The minimum atomic E-state index is -0.0630. The van der Waals surface area contributed by atoms with Crippen molar-refractivity contribution in [2.24, 2.45) is 7.05 Å². The molecule has 5 nitrogen and oxygen atoms in total. The molecule has 0 saturated heterocycles. The zero-order chi connectivity index (χ0) is 11.0. The Morgan fingerprint density at radius 1 is 1.53 bits per heavy atom. The minimum absolute atomic E-state index is 0.0630. The van der Waals surface area contributed by atoms with E-state index in [0.29, 0.717) is 5.02 Å². The maximum absolute atomic E-state index is 9.25. The molecule has 6 heteroatoms. The van der Waals surface area contributed by atoms with Gasteiger partial charge in [0.1, 0.15) is 0 Å². The van der Waals surface area contributed by atoms with Crippen molar-refractivity contribution in [3.05, 3.63) is 28.7 Å². The number of hydrogen-bond donors (Lipinski definition) is 1. The van der Waals surface area contributed by atoms with Gasteiger partial charge in [0.2, 0.25) is 0 Å². The van der Waals surface area contributed by atoms with Crippen LogP contribution in [0.3, 0.4) is 0 Å². The number of halogens is 1. The number of aromatic nitrogens is 4. The number of aryl methyl sites for hydroxylation is 2. The molecule has 0 spiro atoms. The summed E-state index contributed by atoms with van der Waals surface area (Å²) in [5, 5.41) is 18.1. The van der Waals surface area contributed by atoms with Crippen molar-refractivity contribution in [2.75, 3.05) is 0 Å². The van der Waals surface area contributed by atoms with E-state index in [4.69, 9.17) is 11.6 Å². The van der Waals surface area contributed by atoms with Crippen LogP contribution in [0.5, 0.6) is 0 Å². The largest absolute Gasteiger partial charge is 0.391 e. The lowest BCUT2D eigenvalue weighted by Crippen LogP contribution is -2.05. The highest BCUT2D eigenvalue weighted by Gasteiger charge is 2.14. The van der Waals surface area contributed by atoms with E-state index in [9.17, 15) is 5.11 Å². The van der Waals surface area contributed by atoms with Crippen molar-refractivity contribution in [1.82, 2.24) is 19.6 Å². The molecule has 1 N–H and O–H groups in total. The van der Waals surface area contributed by atoms with Crippen LogP contribution in [0.2, 0.25) is 5.02 Å². The maximum atomic E-state index is 9.25. The van der Waals surface area contributed by atoms with Crippen LogP contribution in [0.1, 0.15) is 11.3 Å². The number of nitrogens with zero attached hydrogens (tertiary/aromatic N) is 4. The Kier molecular flexibility index (Phi) is 2.50. The summed E-state index contributed by atoms with van der Waals surface area (Å²) in [6.07, 6.45) is 3.22. The monoisotopic (exact) mass is 226 g/mol. The highest BCUT2D eigenvalue weighted by atomic mass is 35.5. The van der Waals surface area contributed by atoms with Crippen molar-refractivity contribution in [3.63, 3.8) is 0 Å². The molecule has 0 aliphatic heterocycles. The van der Waals surface area contributed by atoms with Gasteiger partial charge in [-0.3, -0.25) is 4.68 Å². The summed E-state index contributed by atoms with van der Waals surface area (Å²) in [7, 11) is 1.80. The van der Waals surface area contributed by atoms with Crippen LogP contribution in [-0.2, 0) is 13.7 Å². The molecule has 0 aromatic carbocycles. The van der Waals surface area contributed by atoms with Gasteiger partial charge in [-0.15, -0.1) is 0 Å². The molecule has 0 aliphatic carbocycles. The van der Waals surface area contributed by atoms with E-state index < -0.39 is 0 Å². The van der Waals surface area contributed by atoms with Crippen LogP contribution in [-0.4, -0.2) is 24.7 Å². The highest BCUT2D eigenvalue weighted by molar-refractivity contribution is 6.30. The molecule has 0 bridgehead atoms. The van der Waals surface area contributed by atoms with E-state index in [0.717, 1.165) is 17.1 Å². The van der Waals surface area contributed by atoms with Gasteiger partial charge in [-0.2, -0.15) is 10.2 Å². The molecule has 2 heterocycles. The molecule has 15 heavy (non-hydrogen) atoms. The Labute approximate surface area is 91.9 Å². The quantitative estimate of drug-likeness (QED) is 0.833. The third kappa shape index (κ3) is 1.64. The Hall–Kier alpha value is -1.33. The molecule has 2 aromatic rings. The predicted molar refractivity (Wildman–Crippen MR) is 56.0 cm³/mol. The fourth-order valence-electron chi connectivity index (χ4n) is 1.58. The van der Waals surface area contributed by atoms with Gasteiger partial charge >= 0.3 is 0 Å². The van der Waals surface area contributed by atoms with Gasteiger partial charge in [0.25, 0.3) is 0 Å². The van der Waals surface area contributed by atoms with Crippen LogP contribution < -0.4 is 0 Å². The average Bonchev–Trinajstić information content (AvgIpc) is 2.70. The van der Waals surface area contributed by atoms with Crippen molar-refractivity contribution in [1.29, 1.82) is 0 Å². The summed E-state index contributed by atoms with van der Waals surface area (Å²) >= 11 is 5.79. The third-order valence-electron chi connectivity index (χ3n) is 2.24.